The van der Waals surface area contributed by atoms with E-state index in [1.54, 1.807) is 11.9 Å². The van der Waals surface area contributed by atoms with E-state index in [0.29, 0.717) is 6.61 Å². The van der Waals surface area contributed by atoms with Crippen molar-refractivity contribution in [2.75, 3.05) is 18.9 Å². The molecule has 1 aliphatic carbocycles. The van der Waals surface area contributed by atoms with Crippen LogP contribution in [0.1, 0.15) is 24.0 Å². The summed E-state index contributed by atoms with van der Waals surface area (Å²) in [4.78, 5) is 2.21. The van der Waals surface area contributed by atoms with Gasteiger partial charge in [-0.3, -0.25) is 0 Å². The summed E-state index contributed by atoms with van der Waals surface area (Å²) in [5.74, 6) is 3.08. The predicted octanol–water partition coefficient (Wildman–Crippen LogP) is 3.76. The topological polar surface area (TPSA) is 24.8 Å². The summed E-state index contributed by atoms with van der Waals surface area (Å²) in [5.41, 5.74) is 4.12. The molecule has 4 rings (SSSR count). The van der Waals surface area contributed by atoms with E-state index in [2.05, 4.69) is 45.8 Å². The third-order valence-corrected chi connectivity index (χ3v) is 5.08. The third-order valence-electron chi connectivity index (χ3n) is 4.41. The Balaban J connectivity index is 1.47. The maximum Gasteiger partial charge on any atom is 0.147 e. The van der Waals surface area contributed by atoms with Gasteiger partial charge in [0, 0.05) is 24.1 Å². The largest absolute Gasteiger partial charge is 0.489 e. The van der Waals surface area contributed by atoms with Crippen LogP contribution in [0.4, 0.5) is 0 Å². The minimum atomic E-state index is 0.582. The summed E-state index contributed by atoms with van der Waals surface area (Å²) in [6, 6.07) is 6.57. The van der Waals surface area contributed by atoms with Gasteiger partial charge in [0.25, 0.3) is 0 Å². The van der Waals surface area contributed by atoms with E-state index < -0.39 is 0 Å². The van der Waals surface area contributed by atoms with Crippen LogP contribution in [0.3, 0.4) is 0 Å². The van der Waals surface area contributed by atoms with Gasteiger partial charge in [-0.2, -0.15) is 4.40 Å². The Hall–Kier alpha value is -1.68. The minimum absolute atomic E-state index is 0.582. The van der Waals surface area contributed by atoms with Gasteiger partial charge in [-0.25, -0.2) is 0 Å². The van der Waals surface area contributed by atoms with Gasteiger partial charge in [0.2, 0.25) is 0 Å². The molecular weight excluding hydrogens is 292 g/mol. The molecule has 2 heterocycles. The zero-order valence-electron chi connectivity index (χ0n) is 12.6. The van der Waals surface area contributed by atoms with Crippen LogP contribution in [0.15, 0.2) is 46.5 Å². The second kappa shape index (κ2) is 6.21. The highest BCUT2D eigenvalue weighted by atomic mass is 32.2. The first-order chi connectivity index (χ1) is 10.9. The van der Waals surface area contributed by atoms with E-state index in [1.807, 2.05) is 0 Å². The highest BCUT2D eigenvalue weighted by molar-refractivity contribution is 7.98. The standard InChI is InChI=1S/C18H20N2OS/c1-2-5-15-12-17(8-7-14(15)4-1)21-13-16-6-3-9-20-10-11-22-19-18(16)20/h3,6-9,12H,1-2,4-5,10-11,13H2. The van der Waals surface area contributed by atoms with Gasteiger partial charge in [-0.15, -0.1) is 0 Å². The molecule has 0 aromatic heterocycles. The van der Waals surface area contributed by atoms with Gasteiger partial charge in [0.15, 0.2) is 0 Å². The molecule has 4 heteroatoms. The van der Waals surface area contributed by atoms with Crippen LogP contribution < -0.4 is 4.74 Å². The quantitative estimate of drug-likeness (QED) is 0.795. The van der Waals surface area contributed by atoms with E-state index in [-0.39, 0.29) is 0 Å². The van der Waals surface area contributed by atoms with Crippen LogP contribution in [0.2, 0.25) is 0 Å². The van der Waals surface area contributed by atoms with Crippen LogP contribution in [0, 0.1) is 0 Å². The number of ether oxygens (including phenoxy) is 1. The average molecular weight is 312 g/mol. The number of rotatable bonds is 3. The Bertz CT molecular complexity index is 663. The number of amidine groups is 1. The fourth-order valence-corrected chi connectivity index (χ4v) is 3.92. The van der Waals surface area contributed by atoms with Crippen molar-refractivity contribution in [3.63, 3.8) is 0 Å². The van der Waals surface area contributed by atoms with Gasteiger partial charge in [-0.1, -0.05) is 12.1 Å². The van der Waals surface area contributed by atoms with Crippen molar-refractivity contribution < 1.29 is 4.74 Å². The SMILES string of the molecule is C1=CN2CCSN=C2C(COc2ccc3c(c2)CCCC3)=C1. The number of aryl methyl sites for hydroxylation is 2. The molecule has 0 bridgehead atoms. The van der Waals surface area contributed by atoms with Gasteiger partial charge in [0.1, 0.15) is 18.2 Å². The molecule has 3 nitrogen and oxygen atoms in total. The maximum absolute atomic E-state index is 6.04. The molecule has 0 radical (unpaired) electrons. The molecule has 1 aromatic rings. The van der Waals surface area contributed by atoms with E-state index in [9.17, 15) is 0 Å². The van der Waals surface area contributed by atoms with Gasteiger partial charge >= 0.3 is 0 Å². The number of fused-ring (bicyclic) bond motifs is 2. The Morgan fingerprint density at radius 3 is 3.05 bits per heavy atom. The number of hydrogen-bond acceptors (Lipinski definition) is 4. The summed E-state index contributed by atoms with van der Waals surface area (Å²) in [6.07, 6.45) is 11.3. The van der Waals surface area contributed by atoms with Crippen molar-refractivity contribution in [1.29, 1.82) is 0 Å². The molecule has 1 aromatic carbocycles. The van der Waals surface area contributed by atoms with Gasteiger partial charge in [-0.05, 0) is 67.0 Å². The summed E-state index contributed by atoms with van der Waals surface area (Å²) < 4.78 is 10.6. The molecule has 0 amide bonds. The predicted molar refractivity (Wildman–Crippen MR) is 92.4 cm³/mol. The zero-order chi connectivity index (χ0) is 14.8. The van der Waals surface area contributed by atoms with Crippen LogP contribution in [0.25, 0.3) is 0 Å². The lowest BCUT2D eigenvalue weighted by Gasteiger charge is -2.29. The van der Waals surface area contributed by atoms with Crippen molar-refractivity contribution in [2.45, 2.75) is 25.7 Å². The van der Waals surface area contributed by atoms with Crippen molar-refractivity contribution >= 4 is 17.8 Å². The molecule has 0 atom stereocenters. The lowest BCUT2D eigenvalue weighted by Crippen LogP contribution is -2.34. The third kappa shape index (κ3) is 2.80. The first kappa shape index (κ1) is 13.9. The van der Waals surface area contributed by atoms with E-state index >= 15 is 0 Å². The molecule has 0 fully saturated rings. The van der Waals surface area contributed by atoms with Crippen molar-refractivity contribution in [3.05, 3.63) is 53.3 Å². The van der Waals surface area contributed by atoms with E-state index in [0.717, 1.165) is 29.5 Å². The highest BCUT2D eigenvalue weighted by Crippen LogP contribution is 2.26. The van der Waals surface area contributed by atoms with Gasteiger partial charge < -0.3 is 9.64 Å². The van der Waals surface area contributed by atoms with Crippen molar-refractivity contribution in [3.8, 4) is 5.75 Å². The molecule has 0 saturated carbocycles. The lowest BCUT2D eigenvalue weighted by atomic mass is 9.92. The molecule has 22 heavy (non-hydrogen) atoms. The van der Waals surface area contributed by atoms with Crippen LogP contribution in [-0.4, -0.2) is 29.6 Å². The van der Waals surface area contributed by atoms with Crippen LogP contribution in [0.5, 0.6) is 5.75 Å². The molecule has 3 aliphatic rings. The monoisotopic (exact) mass is 312 g/mol. The summed E-state index contributed by atoms with van der Waals surface area (Å²) in [7, 11) is 0. The normalized spacial score (nSPS) is 19.9. The Kier molecular flexibility index (Phi) is 3.94. The van der Waals surface area contributed by atoms with E-state index in [4.69, 9.17) is 4.74 Å². The Morgan fingerprint density at radius 1 is 1.18 bits per heavy atom. The first-order valence-electron chi connectivity index (χ1n) is 7.99. The Labute approximate surface area is 135 Å². The summed E-state index contributed by atoms with van der Waals surface area (Å²) in [5, 5.41) is 0. The zero-order valence-corrected chi connectivity index (χ0v) is 13.4. The van der Waals surface area contributed by atoms with Gasteiger partial charge in [0.05, 0.1) is 0 Å². The molecule has 114 valence electrons. The molecule has 0 N–H and O–H groups in total. The smallest absolute Gasteiger partial charge is 0.147 e. The van der Waals surface area contributed by atoms with Crippen LogP contribution in [-0.2, 0) is 12.8 Å². The fourth-order valence-electron chi connectivity index (χ4n) is 3.20. The second-order valence-corrected chi connectivity index (χ2v) is 6.75. The van der Waals surface area contributed by atoms with E-state index in [1.165, 1.54) is 36.8 Å². The number of hydrogen-bond donors (Lipinski definition) is 0. The fraction of sp³-hybridized carbons (Fsp3) is 0.389. The number of benzene rings is 1. The highest BCUT2D eigenvalue weighted by Gasteiger charge is 2.20. The maximum atomic E-state index is 6.04. The summed E-state index contributed by atoms with van der Waals surface area (Å²) >= 11 is 1.64. The first-order valence-corrected chi connectivity index (χ1v) is 8.93. The molecular formula is C18H20N2OS. The minimum Gasteiger partial charge on any atom is -0.489 e. The van der Waals surface area contributed by atoms with Crippen molar-refractivity contribution in [1.82, 2.24) is 4.90 Å². The van der Waals surface area contributed by atoms with Crippen molar-refractivity contribution in [2.24, 2.45) is 4.40 Å². The molecule has 2 aliphatic heterocycles. The second-order valence-electron chi connectivity index (χ2n) is 5.90. The molecule has 0 unspecified atom stereocenters. The Morgan fingerprint density at radius 2 is 2.09 bits per heavy atom. The summed E-state index contributed by atoms with van der Waals surface area (Å²) in [6.45, 7) is 1.61. The number of allylic oxidation sites excluding steroid dienone is 2. The molecule has 0 saturated heterocycles. The molecule has 0 spiro atoms. The number of nitrogens with zero attached hydrogens (tertiary/aromatic N) is 2. The van der Waals surface area contributed by atoms with Crippen LogP contribution >= 0.6 is 11.9 Å². The lowest BCUT2D eigenvalue weighted by molar-refractivity contribution is 0.354. The average Bonchev–Trinajstić information content (AvgIpc) is 2.60.